The fourth-order valence-electron chi connectivity index (χ4n) is 0. The second-order valence-corrected chi connectivity index (χ2v) is 4.85. The maximum absolute atomic E-state index is 8.89. The molecule has 0 saturated heterocycles. The molecule has 0 radical (unpaired) electrons. The van der Waals surface area contributed by atoms with E-state index >= 15 is 0 Å². The van der Waals surface area contributed by atoms with Crippen LogP contribution in [-0.2, 0) is 19.2 Å². The molecule has 0 fully saturated rings. The summed E-state index contributed by atoms with van der Waals surface area (Å²) in [6.07, 6.45) is 0. The third kappa shape index (κ3) is 703. The van der Waals surface area contributed by atoms with Crippen LogP contribution in [0.1, 0.15) is 50.5 Å². The van der Waals surface area contributed by atoms with Gasteiger partial charge in [-0.05, 0) is 27.7 Å². The number of aliphatic carboxylic acids is 4. The average Bonchev–Trinajstić information content (AvgIpc) is 2.78. The van der Waals surface area contributed by atoms with Crippen molar-refractivity contribution >= 4 is 23.9 Å². The summed E-state index contributed by atoms with van der Waals surface area (Å²) in [7, 11) is 0. The fourth-order valence-corrected chi connectivity index (χ4v) is 0. The Labute approximate surface area is 806 Å². The van der Waals surface area contributed by atoms with Gasteiger partial charge in [0.15, 0.2) is 0 Å². The third-order valence-electron chi connectivity index (χ3n) is 0.833. The van der Waals surface area contributed by atoms with Crippen LogP contribution in [0.2, 0.25) is 0 Å². The van der Waals surface area contributed by atoms with Crippen molar-refractivity contribution in [1.82, 2.24) is 0 Å². The molecule has 0 bridgehead atoms. The van der Waals surface area contributed by atoms with Crippen molar-refractivity contribution in [3.8, 4) is 0 Å². The minimum atomic E-state index is -1.08. The minimum absolute atomic E-state index is 0. The van der Waals surface area contributed by atoms with Crippen LogP contribution in [0.4, 0.5) is 0 Å². The first kappa shape index (κ1) is 195. The molecule has 38 heteroatoms. The zero-order chi connectivity index (χ0) is 31.4. The van der Waals surface area contributed by atoms with Gasteiger partial charge in [0.2, 0.25) is 0 Å². The van der Waals surface area contributed by atoms with Crippen molar-refractivity contribution in [3.05, 3.63) is 0 Å². The SMILES string of the molecule is CC(=O)[O-].CC(=O)[O-].CC(=O)[O-].CC(=O)[O-].NCCN.NCCN.NCCN.NCCN.NCCN.[H-].[H-].[H-].[H-].[H-].[H-].[H-].[H-].[H-].[H-].[H-].[H-].[H-].[H-].[H-].[H-].[Na+].[Na+].[Na+].[Na+].[Na+].[Na+].[Na+].[Na+].[Na+].[Na+].[Na+].[Na+].[Na+].[Na+].[Na+].[Na+].[Na+].[Na+].[Na+].[Na+]. The Kier molecular flexibility index (Phi) is 828. The molecule has 0 atom stereocenters. The molecule has 20 N–H and O–H groups in total. The second kappa shape index (κ2) is 238. The molecule has 0 unspecified atom stereocenters. The van der Waals surface area contributed by atoms with E-state index in [0.717, 1.165) is 27.7 Å². The number of rotatable bonds is 5. The molecular weight excluding hydrogens is 944 g/mol. The molecule has 0 aliphatic heterocycles. The van der Waals surface area contributed by atoms with Gasteiger partial charge in [-0.15, -0.1) is 0 Å². The first-order chi connectivity index (χ1) is 16.5. The van der Waals surface area contributed by atoms with Gasteiger partial charge in [0.05, 0.1) is 0 Å². The predicted molar refractivity (Wildman–Crippen MR) is 151 cm³/mol. The van der Waals surface area contributed by atoms with Crippen molar-refractivity contribution in [2.75, 3.05) is 65.4 Å². The summed E-state index contributed by atoms with van der Waals surface area (Å²) < 4.78 is 0. The first-order valence-electron chi connectivity index (χ1n) is 10.2. The van der Waals surface area contributed by atoms with Crippen LogP contribution in [0.3, 0.4) is 0 Å². The molecule has 18 nitrogen and oxygen atoms in total. The van der Waals surface area contributed by atoms with E-state index in [1.807, 2.05) is 0 Å². The predicted octanol–water partition coefficient (Wildman–Crippen LogP) is -68.6. The summed E-state index contributed by atoms with van der Waals surface area (Å²) >= 11 is 0. The van der Waals surface area contributed by atoms with Crippen molar-refractivity contribution in [2.24, 2.45) is 57.3 Å². The van der Waals surface area contributed by atoms with E-state index in [1.54, 1.807) is 0 Å². The van der Waals surface area contributed by atoms with Gasteiger partial charge in [-0.3, -0.25) is 0 Å². The number of nitrogens with two attached hydrogens (primary N) is 10. The van der Waals surface area contributed by atoms with Gasteiger partial charge in [-0.1, -0.05) is 0 Å². The minimum Gasteiger partial charge on any atom is -1.00 e. The summed E-state index contributed by atoms with van der Waals surface area (Å²) in [6.45, 7) is 9.86. The van der Waals surface area contributed by atoms with E-state index in [2.05, 4.69) is 0 Å². The average molecular weight is 1010 g/mol. The number of hydrogen-bond acceptors (Lipinski definition) is 18. The van der Waals surface area contributed by atoms with Gasteiger partial charge in [-0.2, -0.15) is 0 Å². The van der Waals surface area contributed by atoms with Gasteiger partial charge < -0.3 is 120 Å². The van der Waals surface area contributed by atoms with E-state index in [-0.39, 0.29) is 614 Å². The van der Waals surface area contributed by atoms with E-state index < -0.39 is 23.9 Å². The Balaban J connectivity index is -0.00000000249. The van der Waals surface area contributed by atoms with Gasteiger partial charge in [0.25, 0.3) is 0 Å². The Morgan fingerprint density at radius 2 is 0.268 bits per heavy atom. The Hall–Kier alpha value is 17.5. The number of hydrogen-bond donors (Lipinski definition) is 10. The van der Waals surface area contributed by atoms with Crippen molar-refractivity contribution in [3.63, 3.8) is 0 Å². The smallest absolute Gasteiger partial charge is 1.00 e. The molecule has 56 heavy (non-hydrogen) atoms. The zero-order valence-electron chi connectivity index (χ0n) is 58.1. The van der Waals surface area contributed by atoms with E-state index in [0.29, 0.717) is 65.4 Å². The molecule has 0 saturated carbocycles. The van der Waals surface area contributed by atoms with Crippen molar-refractivity contribution in [2.45, 2.75) is 27.7 Å². The molecule has 0 amide bonds. The number of carbonyl (C=O) groups excluding carboxylic acids is 4. The molecule has 0 aromatic rings. The number of carboxylic acid groups (broad SMARTS) is 4. The van der Waals surface area contributed by atoms with Crippen LogP contribution >= 0.6 is 0 Å². The molecule has 0 aliphatic rings. The maximum atomic E-state index is 8.89. The van der Waals surface area contributed by atoms with Crippen LogP contribution in [0.25, 0.3) is 0 Å². The van der Waals surface area contributed by atoms with E-state index in [4.69, 9.17) is 96.9 Å². The Morgan fingerprint density at radius 3 is 0.268 bits per heavy atom. The summed E-state index contributed by atoms with van der Waals surface area (Å²) in [6, 6.07) is 0. The second-order valence-electron chi connectivity index (χ2n) is 4.85. The van der Waals surface area contributed by atoms with Crippen LogP contribution in [0.15, 0.2) is 0 Å². The Bertz CT molecular complexity index is 394. The van der Waals surface area contributed by atoms with E-state index in [1.165, 1.54) is 0 Å². The summed E-state index contributed by atoms with van der Waals surface area (Å²) in [5, 5.41) is 35.6. The zero-order valence-corrected chi connectivity index (χ0v) is 82.1. The molecule has 0 aliphatic carbocycles. The summed E-state index contributed by atoms with van der Waals surface area (Å²) in [5.41, 5.74) is 49.0. The van der Waals surface area contributed by atoms with Gasteiger partial charge in [0, 0.05) is 89.3 Å². The van der Waals surface area contributed by atoms with Crippen LogP contribution < -0.4 is 669 Å². The molecular formula is C18H68N10Na20O8. The monoisotopic (exact) mass is 1010 g/mol. The maximum Gasteiger partial charge on any atom is 1.00 e. The van der Waals surface area contributed by atoms with Gasteiger partial charge in [0.1, 0.15) is 0 Å². The van der Waals surface area contributed by atoms with Crippen molar-refractivity contribution in [1.29, 1.82) is 0 Å². The van der Waals surface area contributed by atoms with Gasteiger partial charge in [-0.25, -0.2) is 0 Å². The molecule has 0 heterocycles. The molecule has 0 aromatic carbocycles. The van der Waals surface area contributed by atoms with Crippen LogP contribution in [0.5, 0.6) is 0 Å². The third-order valence-corrected chi connectivity index (χ3v) is 0.833. The largest absolute Gasteiger partial charge is 1.00 e. The van der Waals surface area contributed by atoms with Crippen LogP contribution in [0, 0.1) is 0 Å². The number of carboxylic acids is 4. The number of carbonyl (C=O) groups is 4. The molecule has 0 rings (SSSR count). The van der Waals surface area contributed by atoms with Crippen molar-refractivity contribution < 1.29 is 654 Å². The standard InChI is InChI=1S/5C2H8N2.4C2H4O2.20Na.16H/c5*3-1-2-4;4*1-2(3)4;;;;;;;;;;;;;;;;;;;;;;;;;;;;;;;;;;;;/h5*1-4H2;4*1H3,(H,3,4);;;;;;;;;;;;;;;;;;;;;;;;;;;;;;;;;;;;/q;;;;;;;;;20*+1;16*-1/p-4. The topological polar surface area (TPSA) is 421 Å². The molecule has 0 aromatic heterocycles. The molecule has 258 valence electrons. The quantitative estimate of drug-likeness (QED) is 0.114. The Morgan fingerprint density at radius 1 is 0.250 bits per heavy atom. The molecule has 0 spiro atoms. The summed E-state index contributed by atoms with van der Waals surface area (Å²) in [5.74, 6) is -4.33. The fraction of sp³-hybridized carbons (Fsp3) is 0.778. The summed E-state index contributed by atoms with van der Waals surface area (Å²) in [4.78, 5) is 35.6. The normalized spacial score (nSPS) is 4.46. The first-order valence-corrected chi connectivity index (χ1v) is 10.2. The van der Waals surface area contributed by atoms with Gasteiger partial charge >= 0.3 is 591 Å². The van der Waals surface area contributed by atoms with Crippen LogP contribution in [-0.4, -0.2) is 89.3 Å². The van der Waals surface area contributed by atoms with E-state index in [9.17, 15) is 0 Å².